The van der Waals surface area contributed by atoms with E-state index in [-0.39, 0.29) is 0 Å². The van der Waals surface area contributed by atoms with E-state index in [0.717, 1.165) is 12.4 Å². The van der Waals surface area contributed by atoms with Crippen molar-refractivity contribution in [2.45, 2.75) is 6.54 Å². The van der Waals surface area contributed by atoms with Gasteiger partial charge in [0.05, 0.1) is 0 Å². The summed E-state index contributed by atoms with van der Waals surface area (Å²) in [4.78, 5) is 7.87. The molecule has 1 heterocycles. The second-order valence-electron chi connectivity index (χ2n) is 3.17. The molecule has 0 saturated heterocycles. The number of nitrogens with one attached hydrogen (secondary N) is 1. The van der Waals surface area contributed by atoms with E-state index in [4.69, 9.17) is 5.73 Å². The summed E-state index contributed by atoms with van der Waals surface area (Å²) in [5.74, 6) is 1.21. The number of nitrogen functional groups attached to an aromatic ring is 1. The lowest BCUT2D eigenvalue weighted by Crippen LogP contribution is -2.02. The first-order chi connectivity index (χ1) is 7.34. The molecular weight excluding hydrogens is 188 g/mol. The monoisotopic (exact) mass is 200 g/mol. The Bertz CT molecular complexity index is 428. The highest BCUT2D eigenvalue weighted by Crippen LogP contribution is 2.07. The summed E-state index contributed by atoms with van der Waals surface area (Å²) in [6, 6.07) is 11.8. The van der Waals surface area contributed by atoms with Crippen LogP contribution in [0.5, 0.6) is 0 Å². The maximum absolute atomic E-state index is 5.54. The fraction of sp³-hybridized carbons (Fsp3) is 0.0909. The summed E-state index contributed by atoms with van der Waals surface area (Å²) in [6.45, 7) is 0.733. The van der Waals surface area contributed by atoms with Crippen molar-refractivity contribution in [3.05, 3.63) is 48.3 Å². The Morgan fingerprint density at radius 2 is 1.93 bits per heavy atom. The number of nitrogens with zero attached hydrogens (tertiary/aromatic N) is 2. The minimum Gasteiger partial charge on any atom is -0.384 e. The van der Waals surface area contributed by atoms with Gasteiger partial charge in [0, 0.05) is 12.6 Å². The van der Waals surface area contributed by atoms with Crippen LogP contribution in [0.15, 0.2) is 42.7 Å². The number of anilines is 2. The summed E-state index contributed by atoms with van der Waals surface area (Å²) in [7, 11) is 0. The number of hydrogen-bond acceptors (Lipinski definition) is 4. The third-order valence-electron chi connectivity index (χ3n) is 2.00. The molecule has 76 valence electrons. The fourth-order valence-electron chi connectivity index (χ4n) is 1.26. The Morgan fingerprint density at radius 1 is 1.13 bits per heavy atom. The van der Waals surface area contributed by atoms with Crippen molar-refractivity contribution in [2.75, 3.05) is 11.1 Å². The van der Waals surface area contributed by atoms with Gasteiger partial charge in [-0.3, -0.25) is 0 Å². The number of aromatic nitrogens is 2. The van der Waals surface area contributed by atoms with Gasteiger partial charge >= 0.3 is 0 Å². The highest BCUT2D eigenvalue weighted by molar-refractivity contribution is 5.43. The van der Waals surface area contributed by atoms with E-state index in [0.29, 0.717) is 5.82 Å². The Kier molecular flexibility index (Phi) is 2.78. The SMILES string of the molecule is Nc1cc(NCc2ccccc2)ncn1. The molecule has 0 atom stereocenters. The molecule has 0 bridgehead atoms. The average molecular weight is 200 g/mol. The largest absolute Gasteiger partial charge is 0.384 e. The van der Waals surface area contributed by atoms with Crippen LogP contribution in [-0.4, -0.2) is 9.97 Å². The van der Waals surface area contributed by atoms with Crippen LogP contribution in [-0.2, 0) is 6.54 Å². The molecule has 0 unspecified atom stereocenters. The van der Waals surface area contributed by atoms with Gasteiger partial charge in [-0.1, -0.05) is 30.3 Å². The zero-order chi connectivity index (χ0) is 10.5. The Morgan fingerprint density at radius 3 is 2.67 bits per heavy atom. The normalized spacial score (nSPS) is 9.87. The Hall–Kier alpha value is -2.10. The lowest BCUT2D eigenvalue weighted by molar-refractivity contribution is 1.08. The van der Waals surface area contributed by atoms with Gasteiger partial charge in [-0.2, -0.15) is 0 Å². The van der Waals surface area contributed by atoms with E-state index in [1.165, 1.54) is 11.9 Å². The van der Waals surface area contributed by atoms with Gasteiger partial charge in [0.25, 0.3) is 0 Å². The van der Waals surface area contributed by atoms with Gasteiger partial charge < -0.3 is 11.1 Å². The predicted molar refractivity (Wildman–Crippen MR) is 60.2 cm³/mol. The predicted octanol–water partition coefficient (Wildman–Crippen LogP) is 1.67. The molecule has 1 aromatic carbocycles. The molecule has 0 saturated carbocycles. The van der Waals surface area contributed by atoms with Gasteiger partial charge in [0.15, 0.2) is 0 Å². The van der Waals surface area contributed by atoms with Crippen LogP contribution < -0.4 is 11.1 Å². The van der Waals surface area contributed by atoms with Crippen molar-refractivity contribution in [3.8, 4) is 0 Å². The van der Waals surface area contributed by atoms with Gasteiger partial charge in [0.1, 0.15) is 18.0 Å². The Balaban J connectivity index is 1.99. The zero-order valence-corrected chi connectivity index (χ0v) is 8.22. The smallest absolute Gasteiger partial charge is 0.131 e. The molecule has 4 heteroatoms. The number of rotatable bonds is 3. The van der Waals surface area contributed by atoms with Crippen LogP contribution in [0, 0.1) is 0 Å². The molecule has 3 N–H and O–H groups in total. The van der Waals surface area contributed by atoms with E-state index < -0.39 is 0 Å². The highest BCUT2D eigenvalue weighted by atomic mass is 15.0. The minimum atomic E-state index is 0.473. The van der Waals surface area contributed by atoms with Crippen LogP contribution in [0.25, 0.3) is 0 Å². The lowest BCUT2D eigenvalue weighted by Gasteiger charge is -2.05. The van der Waals surface area contributed by atoms with Gasteiger partial charge in [0.2, 0.25) is 0 Å². The molecule has 0 aliphatic carbocycles. The van der Waals surface area contributed by atoms with Crippen LogP contribution in [0.2, 0.25) is 0 Å². The summed E-state index contributed by atoms with van der Waals surface area (Å²) in [6.07, 6.45) is 1.45. The van der Waals surface area contributed by atoms with Crippen LogP contribution in [0.3, 0.4) is 0 Å². The van der Waals surface area contributed by atoms with Gasteiger partial charge in [-0.15, -0.1) is 0 Å². The summed E-state index contributed by atoms with van der Waals surface area (Å²) in [5, 5.41) is 3.17. The molecule has 0 amide bonds. The van der Waals surface area contributed by atoms with E-state index in [2.05, 4.69) is 27.4 Å². The molecule has 0 spiro atoms. The molecule has 15 heavy (non-hydrogen) atoms. The van der Waals surface area contributed by atoms with Crippen LogP contribution >= 0.6 is 0 Å². The van der Waals surface area contributed by atoms with Crippen molar-refractivity contribution >= 4 is 11.6 Å². The van der Waals surface area contributed by atoms with E-state index >= 15 is 0 Å². The first kappa shape index (κ1) is 9.45. The first-order valence-electron chi connectivity index (χ1n) is 4.70. The second kappa shape index (κ2) is 4.41. The lowest BCUT2D eigenvalue weighted by atomic mass is 10.2. The fourth-order valence-corrected chi connectivity index (χ4v) is 1.26. The third kappa shape index (κ3) is 2.67. The van der Waals surface area contributed by atoms with E-state index in [1.54, 1.807) is 6.07 Å². The van der Waals surface area contributed by atoms with E-state index in [9.17, 15) is 0 Å². The molecule has 0 radical (unpaired) electrons. The molecule has 4 nitrogen and oxygen atoms in total. The van der Waals surface area contributed by atoms with E-state index in [1.807, 2.05) is 18.2 Å². The molecule has 0 aliphatic heterocycles. The summed E-state index contributed by atoms with van der Waals surface area (Å²) in [5.41, 5.74) is 6.74. The standard InChI is InChI=1S/C11H12N4/c12-10-6-11(15-8-14-10)13-7-9-4-2-1-3-5-9/h1-6,8H,7H2,(H3,12,13,14,15). The third-order valence-corrected chi connectivity index (χ3v) is 2.00. The second-order valence-corrected chi connectivity index (χ2v) is 3.17. The topological polar surface area (TPSA) is 63.8 Å². The maximum atomic E-state index is 5.54. The van der Waals surface area contributed by atoms with Crippen LogP contribution in [0.1, 0.15) is 5.56 Å². The minimum absolute atomic E-state index is 0.473. The van der Waals surface area contributed by atoms with Crippen LogP contribution in [0.4, 0.5) is 11.6 Å². The average Bonchev–Trinajstić information content (AvgIpc) is 2.28. The van der Waals surface area contributed by atoms with Gasteiger partial charge in [-0.05, 0) is 5.56 Å². The van der Waals surface area contributed by atoms with Crippen molar-refractivity contribution in [2.24, 2.45) is 0 Å². The quantitative estimate of drug-likeness (QED) is 0.791. The van der Waals surface area contributed by atoms with Crippen molar-refractivity contribution < 1.29 is 0 Å². The van der Waals surface area contributed by atoms with Crippen molar-refractivity contribution in [1.29, 1.82) is 0 Å². The van der Waals surface area contributed by atoms with Crippen molar-refractivity contribution in [3.63, 3.8) is 0 Å². The number of hydrogen-bond donors (Lipinski definition) is 2. The highest BCUT2D eigenvalue weighted by Gasteiger charge is 1.95. The van der Waals surface area contributed by atoms with Crippen molar-refractivity contribution in [1.82, 2.24) is 9.97 Å². The summed E-state index contributed by atoms with van der Waals surface area (Å²) >= 11 is 0. The molecular formula is C11H12N4. The zero-order valence-electron chi connectivity index (χ0n) is 8.22. The Labute approximate surface area is 88.2 Å². The molecule has 1 aromatic heterocycles. The molecule has 2 rings (SSSR count). The maximum Gasteiger partial charge on any atom is 0.131 e. The first-order valence-corrected chi connectivity index (χ1v) is 4.70. The number of nitrogens with two attached hydrogens (primary N) is 1. The molecule has 0 aliphatic rings. The number of benzene rings is 1. The molecule has 2 aromatic rings. The molecule has 0 fully saturated rings. The summed E-state index contributed by atoms with van der Waals surface area (Å²) < 4.78 is 0. The van der Waals surface area contributed by atoms with Gasteiger partial charge in [-0.25, -0.2) is 9.97 Å².